The van der Waals surface area contributed by atoms with Gasteiger partial charge in [-0.2, -0.15) is 0 Å². The van der Waals surface area contributed by atoms with Crippen LogP contribution in [0.2, 0.25) is 0 Å². The van der Waals surface area contributed by atoms with Gasteiger partial charge in [0.15, 0.2) is 5.78 Å². The van der Waals surface area contributed by atoms with E-state index in [1.807, 2.05) is 13.8 Å². The molecule has 0 unspecified atom stereocenters. The van der Waals surface area contributed by atoms with E-state index in [-0.39, 0.29) is 52.9 Å². The Kier molecular flexibility index (Phi) is 9.33. The number of rotatable bonds is 10. The van der Waals surface area contributed by atoms with E-state index in [0.29, 0.717) is 43.6 Å². The summed E-state index contributed by atoms with van der Waals surface area (Å²) in [6, 6.07) is 6.56. The smallest absolute Gasteiger partial charge is 0.252 e. The summed E-state index contributed by atoms with van der Waals surface area (Å²) in [6.07, 6.45) is 4.83. The van der Waals surface area contributed by atoms with E-state index in [9.17, 15) is 19.5 Å². The minimum absolute atomic E-state index is 0.00300. The first-order valence-corrected chi connectivity index (χ1v) is 11.1. The average molecular weight is 452 g/mol. The molecule has 7 nitrogen and oxygen atoms in total. The monoisotopic (exact) mass is 451 g/mol. The number of hydrogen-bond acceptors (Lipinski definition) is 5. The number of hydrogen-bond donors (Lipinski definition) is 3. The number of aliphatic hydroxyl groups is 1. The predicted molar refractivity (Wildman–Crippen MR) is 131 cm³/mol. The summed E-state index contributed by atoms with van der Waals surface area (Å²) in [5, 5.41) is 16.1. The highest BCUT2D eigenvalue weighted by Crippen LogP contribution is 2.35. The molecule has 1 aromatic rings. The molecule has 2 amide bonds. The summed E-state index contributed by atoms with van der Waals surface area (Å²) >= 11 is 0. The van der Waals surface area contributed by atoms with Crippen LogP contribution in [-0.4, -0.2) is 48.1 Å². The molecule has 0 aliphatic heterocycles. The van der Waals surface area contributed by atoms with Gasteiger partial charge in [-0.15, -0.1) is 13.2 Å². The number of nitrogens with zero attached hydrogens (tertiary/aromatic N) is 1. The lowest BCUT2D eigenvalue weighted by atomic mass is 9.73. The first-order valence-electron chi connectivity index (χ1n) is 11.1. The van der Waals surface area contributed by atoms with E-state index in [1.165, 1.54) is 0 Å². The van der Waals surface area contributed by atoms with Gasteiger partial charge in [-0.25, -0.2) is 0 Å². The van der Waals surface area contributed by atoms with E-state index in [4.69, 9.17) is 0 Å². The number of benzene rings is 1. The fourth-order valence-corrected chi connectivity index (χ4v) is 3.74. The summed E-state index contributed by atoms with van der Waals surface area (Å²) in [6.45, 7) is 12.2. The number of ketones is 1. The molecule has 1 fully saturated rings. The largest absolute Gasteiger partial charge is 0.511 e. The molecule has 0 heterocycles. The molecule has 1 aromatic carbocycles. The lowest BCUT2D eigenvalue weighted by Crippen LogP contribution is -2.33. The molecule has 0 atom stereocenters. The quantitative estimate of drug-likeness (QED) is 0.217. The SMILES string of the molecule is C=CCN=C1CC(C)(C)CC(=O)C1=C(O)CCCNC(=O)c1ccccc1C(=O)NCC=C. The van der Waals surface area contributed by atoms with E-state index < -0.39 is 0 Å². The molecule has 1 aliphatic carbocycles. The molecule has 1 aliphatic rings. The average Bonchev–Trinajstić information content (AvgIpc) is 2.77. The zero-order valence-electron chi connectivity index (χ0n) is 19.4. The molecule has 7 heteroatoms. The Morgan fingerprint density at radius 1 is 1.09 bits per heavy atom. The maximum atomic E-state index is 12.7. The number of allylic oxidation sites excluding steroid dienone is 2. The lowest BCUT2D eigenvalue weighted by molar-refractivity contribution is -0.117. The molecule has 0 spiro atoms. The van der Waals surface area contributed by atoms with Crippen LogP contribution >= 0.6 is 0 Å². The summed E-state index contributed by atoms with van der Waals surface area (Å²) < 4.78 is 0. The van der Waals surface area contributed by atoms with E-state index in [0.717, 1.165) is 0 Å². The van der Waals surface area contributed by atoms with Crippen LogP contribution in [0.1, 0.15) is 60.2 Å². The highest BCUT2D eigenvalue weighted by Gasteiger charge is 2.35. The van der Waals surface area contributed by atoms with Crippen LogP contribution < -0.4 is 10.6 Å². The van der Waals surface area contributed by atoms with Gasteiger partial charge in [-0.1, -0.05) is 38.1 Å². The molecule has 1 saturated carbocycles. The van der Waals surface area contributed by atoms with Crippen LogP contribution in [0.15, 0.2) is 65.9 Å². The van der Waals surface area contributed by atoms with Crippen molar-refractivity contribution in [3.63, 3.8) is 0 Å². The minimum Gasteiger partial charge on any atom is -0.511 e. The van der Waals surface area contributed by atoms with Crippen molar-refractivity contribution in [1.29, 1.82) is 0 Å². The Hall–Kier alpha value is -3.48. The van der Waals surface area contributed by atoms with Crippen LogP contribution in [0.25, 0.3) is 0 Å². The van der Waals surface area contributed by atoms with Gasteiger partial charge in [0.1, 0.15) is 5.76 Å². The van der Waals surface area contributed by atoms with Crippen molar-refractivity contribution in [3.8, 4) is 0 Å². The Bertz CT molecular complexity index is 989. The molecular weight excluding hydrogens is 418 g/mol. The van der Waals surface area contributed by atoms with Gasteiger partial charge in [0.2, 0.25) is 0 Å². The molecule has 176 valence electrons. The Morgan fingerprint density at radius 3 is 2.33 bits per heavy atom. The topological polar surface area (TPSA) is 108 Å². The van der Waals surface area contributed by atoms with Crippen molar-refractivity contribution in [2.75, 3.05) is 19.6 Å². The first kappa shape index (κ1) is 25.8. The Morgan fingerprint density at radius 2 is 1.73 bits per heavy atom. The van der Waals surface area contributed by atoms with Crippen molar-refractivity contribution >= 4 is 23.3 Å². The summed E-state index contributed by atoms with van der Waals surface area (Å²) in [5.41, 5.74) is 1.24. The van der Waals surface area contributed by atoms with Gasteiger partial charge in [-0.05, 0) is 30.4 Å². The highest BCUT2D eigenvalue weighted by molar-refractivity contribution is 6.24. The second kappa shape index (κ2) is 11.9. The van der Waals surface area contributed by atoms with Crippen molar-refractivity contribution in [2.24, 2.45) is 10.4 Å². The first-order chi connectivity index (χ1) is 15.7. The number of aliphatic hydroxyl groups excluding tert-OH is 1. The number of carbonyl (C=O) groups is 3. The lowest BCUT2D eigenvalue weighted by Gasteiger charge is -2.31. The van der Waals surface area contributed by atoms with Crippen molar-refractivity contribution in [3.05, 3.63) is 72.0 Å². The number of nitrogens with one attached hydrogen (secondary N) is 2. The number of amides is 2. The molecule has 0 bridgehead atoms. The molecular formula is C26H33N3O4. The van der Waals surface area contributed by atoms with Gasteiger partial charge in [0, 0.05) is 31.6 Å². The standard InChI is InChI=1S/C26H33N3O4/c1-5-13-27-20-16-26(3,4)17-22(31)23(20)21(30)12-9-15-29-25(33)19-11-8-7-10-18(19)24(32)28-14-6-2/h5-8,10-11,30H,1-2,9,12-17H2,3-4H3,(H,28,32)(H,29,33). The Labute approximate surface area is 195 Å². The number of aliphatic imine (C=N–C) groups is 1. The summed E-state index contributed by atoms with van der Waals surface area (Å²) in [5.74, 6) is -0.852. The normalized spacial score (nSPS) is 17.9. The van der Waals surface area contributed by atoms with Gasteiger partial charge in [0.25, 0.3) is 11.8 Å². The van der Waals surface area contributed by atoms with Gasteiger partial charge < -0.3 is 15.7 Å². The third-order valence-corrected chi connectivity index (χ3v) is 5.25. The summed E-state index contributed by atoms with van der Waals surface area (Å²) in [4.78, 5) is 42.0. The van der Waals surface area contributed by atoms with Crippen LogP contribution in [0.4, 0.5) is 0 Å². The van der Waals surface area contributed by atoms with Gasteiger partial charge in [-0.3, -0.25) is 19.4 Å². The minimum atomic E-state index is -0.379. The zero-order chi connectivity index (χ0) is 24.4. The molecule has 2 rings (SSSR count). The van der Waals surface area contributed by atoms with Crippen LogP contribution in [-0.2, 0) is 4.79 Å². The van der Waals surface area contributed by atoms with E-state index >= 15 is 0 Å². The maximum absolute atomic E-state index is 12.7. The predicted octanol–water partition coefficient (Wildman–Crippen LogP) is 3.94. The van der Waals surface area contributed by atoms with E-state index in [2.05, 4.69) is 28.8 Å². The van der Waals surface area contributed by atoms with Crippen LogP contribution in [0.3, 0.4) is 0 Å². The van der Waals surface area contributed by atoms with E-state index in [1.54, 1.807) is 36.4 Å². The van der Waals surface area contributed by atoms with Crippen molar-refractivity contribution in [2.45, 2.75) is 39.5 Å². The molecule has 0 radical (unpaired) electrons. The third kappa shape index (κ3) is 7.27. The number of carbonyl (C=O) groups excluding carboxylic acids is 3. The van der Waals surface area contributed by atoms with Crippen LogP contribution in [0.5, 0.6) is 0 Å². The van der Waals surface area contributed by atoms with Crippen molar-refractivity contribution < 1.29 is 19.5 Å². The second-order valence-corrected chi connectivity index (χ2v) is 8.74. The molecule has 3 N–H and O–H groups in total. The fourth-order valence-electron chi connectivity index (χ4n) is 3.74. The zero-order valence-corrected chi connectivity index (χ0v) is 19.4. The van der Waals surface area contributed by atoms with Crippen LogP contribution in [0, 0.1) is 5.41 Å². The molecule has 0 aromatic heterocycles. The van der Waals surface area contributed by atoms with Crippen molar-refractivity contribution in [1.82, 2.24) is 10.6 Å². The third-order valence-electron chi connectivity index (χ3n) is 5.25. The molecule has 33 heavy (non-hydrogen) atoms. The van der Waals surface area contributed by atoms with Gasteiger partial charge >= 0.3 is 0 Å². The Balaban J connectivity index is 2.03. The number of Topliss-reactive ketones (excluding diaryl/α,β-unsaturated/α-hetero) is 1. The second-order valence-electron chi connectivity index (χ2n) is 8.74. The maximum Gasteiger partial charge on any atom is 0.252 e. The molecule has 0 saturated heterocycles. The van der Waals surface area contributed by atoms with Gasteiger partial charge in [0.05, 0.1) is 23.2 Å². The summed E-state index contributed by atoms with van der Waals surface area (Å²) in [7, 11) is 0. The fraction of sp³-hybridized carbons (Fsp3) is 0.385. The highest BCUT2D eigenvalue weighted by atomic mass is 16.3.